The van der Waals surface area contributed by atoms with Crippen LogP contribution in [0.15, 0.2) is 145 Å². The van der Waals surface area contributed by atoms with Crippen LogP contribution in [0.1, 0.15) is 21.5 Å². The number of ether oxygens (including phenoxy) is 2. The van der Waals surface area contributed by atoms with Gasteiger partial charge in [0, 0.05) is 22.7 Å². The van der Waals surface area contributed by atoms with Crippen molar-refractivity contribution in [1.82, 2.24) is 9.99 Å². The first-order valence-electron chi connectivity index (χ1n) is 14.9. The maximum atomic E-state index is 13.8. The average molecular weight is 604 g/mol. The van der Waals surface area contributed by atoms with E-state index < -0.39 is 0 Å². The van der Waals surface area contributed by atoms with Crippen molar-refractivity contribution in [3.63, 3.8) is 0 Å². The van der Waals surface area contributed by atoms with Crippen molar-refractivity contribution in [2.24, 2.45) is 0 Å². The Morgan fingerprint density at radius 3 is 2.37 bits per heavy atom. The van der Waals surface area contributed by atoms with Crippen LogP contribution in [-0.2, 0) is 11.3 Å². The van der Waals surface area contributed by atoms with Gasteiger partial charge >= 0.3 is 0 Å². The normalized spacial score (nSPS) is 13.7. The second-order valence-corrected chi connectivity index (χ2v) is 10.8. The molecule has 2 heterocycles. The minimum atomic E-state index is -0.0819. The van der Waals surface area contributed by atoms with Gasteiger partial charge in [0.25, 0.3) is 5.91 Å². The van der Waals surface area contributed by atoms with Crippen molar-refractivity contribution in [3.8, 4) is 11.5 Å². The van der Waals surface area contributed by atoms with Gasteiger partial charge in [-0.05, 0) is 82.6 Å². The summed E-state index contributed by atoms with van der Waals surface area (Å²) < 4.78 is 10.4. The van der Waals surface area contributed by atoms with E-state index in [1.165, 1.54) is 0 Å². The standard InChI is InChI=1S/C27H21N3O.C12H8O3/c31-27(25-15-8-10-20-9-4-5-13-23(20)25)30(29-22-11-2-1-3-12-22)19-21-17-18-28-26-16-7-6-14-24(21)26;13-10-3-2-9(10)5-8-1-4-11-12(6-8)15-7-14-11/h1-18,29H,19H2;1-6H,7H2. The van der Waals surface area contributed by atoms with Crippen LogP contribution in [0.3, 0.4) is 0 Å². The minimum Gasteiger partial charge on any atom is -0.454 e. The summed E-state index contributed by atoms with van der Waals surface area (Å²) in [5.41, 5.74) is 8.47. The number of aromatic nitrogens is 1. The van der Waals surface area contributed by atoms with Crippen molar-refractivity contribution in [1.29, 1.82) is 0 Å². The lowest BCUT2D eigenvalue weighted by molar-refractivity contribution is -0.111. The number of ketones is 1. The minimum absolute atomic E-state index is 0.0765. The SMILES string of the molecule is O=C(c1cccc2ccccc12)N(Cc1ccnc2ccccc12)Nc1ccccc1.O=C1C=CC1=Cc1ccc2c(c1)OCO2. The highest BCUT2D eigenvalue weighted by Crippen LogP contribution is 2.33. The Labute approximate surface area is 266 Å². The summed E-state index contributed by atoms with van der Waals surface area (Å²) in [6.45, 7) is 0.675. The molecule has 46 heavy (non-hydrogen) atoms. The van der Waals surface area contributed by atoms with Gasteiger partial charge in [0.05, 0.1) is 17.7 Å². The Balaban J connectivity index is 0.000000187. The Morgan fingerprint density at radius 2 is 1.54 bits per heavy atom. The van der Waals surface area contributed by atoms with Crippen LogP contribution in [0.4, 0.5) is 5.69 Å². The first-order valence-corrected chi connectivity index (χ1v) is 14.9. The number of rotatable bonds is 6. The first kappa shape index (κ1) is 28.6. The number of carbonyl (C=O) groups is 2. The molecule has 2 aliphatic rings. The van der Waals surface area contributed by atoms with Crippen LogP contribution in [-0.4, -0.2) is 28.5 Å². The predicted molar refractivity (Wildman–Crippen MR) is 180 cm³/mol. The number of nitrogens with zero attached hydrogens (tertiary/aromatic N) is 2. The van der Waals surface area contributed by atoms with E-state index in [2.05, 4.69) is 10.4 Å². The molecule has 6 aromatic rings. The lowest BCUT2D eigenvalue weighted by Gasteiger charge is -2.26. The highest BCUT2D eigenvalue weighted by atomic mass is 16.7. The molecular formula is C39H29N3O4. The molecule has 1 aromatic heterocycles. The second-order valence-electron chi connectivity index (χ2n) is 10.8. The number of anilines is 1. The van der Waals surface area contributed by atoms with Crippen LogP contribution in [0.25, 0.3) is 27.8 Å². The van der Waals surface area contributed by atoms with Gasteiger partial charge in [0.1, 0.15) is 0 Å². The summed E-state index contributed by atoms with van der Waals surface area (Å²) in [6.07, 6.45) is 6.98. The molecule has 1 N–H and O–H groups in total. The molecule has 224 valence electrons. The Bertz CT molecular complexity index is 2130. The third-order valence-corrected chi connectivity index (χ3v) is 7.79. The zero-order valence-electron chi connectivity index (χ0n) is 24.8. The fraction of sp³-hybridized carbons (Fsp3) is 0.0513. The first-order chi connectivity index (χ1) is 22.6. The van der Waals surface area contributed by atoms with E-state index in [9.17, 15) is 9.59 Å². The second kappa shape index (κ2) is 12.8. The van der Waals surface area contributed by atoms with Gasteiger partial charge in [0.15, 0.2) is 17.3 Å². The highest BCUT2D eigenvalue weighted by Gasteiger charge is 2.20. The molecule has 0 fully saturated rings. The highest BCUT2D eigenvalue weighted by molar-refractivity contribution is 6.16. The molecule has 7 nitrogen and oxygen atoms in total. The fourth-order valence-electron chi connectivity index (χ4n) is 5.40. The van der Waals surface area contributed by atoms with Crippen LogP contribution >= 0.6 is 0 Å². The molecule has 0 saturated carbocycles. The summed E-state index contributed by atoms with van der Waals surface area (Å²) >= 11 is 0. The van der Waals surface area contributed by atoms with Crippen molar-refractivity contribution in [2.45, 2.75) is 6.54 Å². The number of nitrogens with one attached hydrogen (secondary N) is 1. The molecule has 1 amide bonds. The van der Waals surface area contributed by atoms with Gasteiger partial charge in [-0.25, -0.2) is 5.01 Å². The van der Waals surface area contributed by atoms with Crippen LogP contribution in [0, 0.1) is 0 Å². The van der Waals surface area contributed by atoms with Gasteiger partial charge in [-0.1, -0.05) is 78.9 Å². The van der Waals surface area contributed by atoms with Gasteiger partial charge in [0.2, 0.25) is 6.79 Å². The number of para-hydroxylation sites is 2. The van der Waals surface area contributed by atoms with E-state index in [1.807, 2.05) is 127 Å². The Kier molecular flexibility index (Phi) is 7.94. The molecular weight excluding hydrogens is 574 g/mol. The number of pyridine rings is 1. The average Bonchev–Trinajstić information content (AvgIpc) is 3.58. The number of hydrazine groups is 1. The third kappa shape index (κ3) is 6.07. The van der Waals surface area contributed by atoms with E-state index in [4.69, 9.17) is 9.47 Å². The zero-order chi connectivity index (χ0) is 31.3. The topological polar surface area (TPSA) is 80.8 Å². The van der Waals surface area contributed by atoms with E-state index in [1.54, 1.807) is 23.4 Å². The number of fused-ring (bicyclic) bond motifs is 3. The maximum Gasteiger partial charge on any atom is 0.273 e. The smallest absolute Gasteiger partial charge is 0.273 e. The van der Waals surface area contributed by atoms with E-state index in [0.29, 0.717) is 12.1 Å². The van der Waals surface area contributed by atoms with Gasteiger partial charge in [-0.15, -0.1) is 0 Å². The number of carbonyl (C=O) groups excluding carboxylic acids is 2. The quantitative estimate of drug-likeness (QED) is 0.154. The van der Waals surface area contributed by atoms with Crippen molar-refractivity contribution < 1.29 is 19.1 Å². The molecule has 1 aliphatic carbocycles. The zero-order valence-corrected chi connectivity index (χ0v) is 24.8. The Morgan fingerprint density at radius 1 is 0.783 bits per heavy atom. The molecule has 0 saturated heterocycles. The molecule has 0 spiro atoms. The summed E-state index contributed by atoms with van der Waals surface area (Å²) in [5.74, 6) is 1.49. The van der Waals surface area contributed by atoms with E-state index in [0.717, 1.165) is 55.6 Å². The van der Waals surface area contributed by atoms with Crippen LogP contribution < -0.4 is 14.9 Å². The van der Waals surface area contributed by atoms with Crippen molar-refractivity contribution >= 4 is 45.1 Å². The van der Waals surface area contributed by atoms with E-state index >= 15 is 0 Å². The number of hydrogen-bond donors (Lipinski definition) is 1. The maximum absolute atomic E-state index is 13.8. The number of hydrogen-bond acceptors (Lipinski definition) is 6. The molecule has 0 radical (unpaired) electrons. The number of amides is 1. The van der Waals surface area contributed by atoms with E-state index in [-0.39, 0.29) is 18.5 Å². The molecule has 8 rings (SSSR count). The van der Waals surface area contributed by atoms with Gasteiger partial charge in [-0.3, -0.25) is 20.0 Å². The lowest BCUT2D eigenvalue weighted by atomic mass is 9.98. The lowest BCUT2D eigenvalue weighted by Crippen LogP contribution is -2.36. The Hall–Kier alpha value is -6.21. The molecule has 7 heteroatoms. The largest absolute Gasteiger partial charge is 0.454 e. The summed E-state index contributed by atoms with van der Waals surface area (Å²) in [4.78, 5) is 29.3. The summed E-state index contributed by atoms with van der Waals surface area (Å²) in [7, 11) is 0. The monoisotopic (exact) mass is 603 g/mol. The third-order valence-electron chi connectivity index (χ3n) is 7.79. The molecule has 0 bridgehead atoms. The van der Waals surface area contributed by atoms with Gasteiger partial charge in [-0.2, -0.15) is 0 Å². The number of allylic oxidation sites excluding steroid dienone is 3. The number of benzene rings is 5. The molecule has 0 unspecified atom stereocenters. The van der Waals surface area contributed by atoms with Crippen LogP contribution in [0.2, 0.25) is 0 Å². The van der Waals surface area contributed by atoms with Crippen molar-refractivity contribution in [3.05, 3.63) is 162 Å². The predicted octanol–water partition coefficient (Wildman–Crippen LogP) is 8.00. The molecule has 1 aliphatic heterocycles. The molecule has 0 atom stereocenters. The van der Waals surface area contributed by atoms with Crippen molar-refractivity contribution in [2.75, 3.05) is 12.2 Å². The van der Waals surface area contributed by atoms with Crippen LogP contribution in [0.5, 0.6) is 11.5 Å². The summed E-state index contributed by atoms with van der Waals surface area (Å²) in [6, 6.07) is 39.2. The summed E-state index contributed by atoms with van der Waals surface area (Å²) in [5, 5.41) is 4.70. The van der Waals surface area contributed by atoms with Gasteiger partial charge < -0.3 is 9.47 Å². The molecule has 5 aromatic carbocycles. The fourth-order valence-corrected chi connectivity index (χ4v) is 5.40.